The minimum atomic E-state index is -5.14. The molecule has 2 aromatic carbocycles. The molecule has 140 valence electrons. The van der Waals surface area contributed by atoms with E-state index in [0.717, 1.165) is 17.7 Å². The summed E-state index contributed by atoms with van der Waals surface area (Å²) >= 11 is 0. The van der Waals surface area contributed by atoms with Gasteiger partial charge in [0.15, 0.2) is 0 Å². The number of nitrogens with one attached hydrogen (secondary N) is 1. The first-order valence-corrected chi connectivity index (χ1v) is 7.66. The van der Waals surface area contributed by atoms with Gasteiger partial charge in [-0.1, -0.05) is 44.2 Å². The van der Waals surface area contributed by atoms with Gasteiger partial charge >= 0.3 is 18.1 Å². The maximum atomic E-state index is 13.7. The number of rotatable bonds is 4. The van der Waals surface area contributed by atoms with E-state index in [-0.39, 0.29) is 12.2 Å². The Labute approximate surface area is 147 Å². The zero-order chi connectivity index (χ0) is 19.7. The first kappa shape index (κ1) is 21.1. The molecule has 0 saturated heterocycles. The highest BCUT2D eigenvalue weighted by atomic mass is 19.4. The number of alkyl halides is 3. The van der Waals surface area contributed by atoms with Crippen molar-refractivity contribution in [2.45, 2.75) is 26.6 Å². The molecule has 0 aliphatic heterocycles. The van der Waals surface area contributed by atoms with Crippen LogP contribution in [-0.4, -0.2) is 18.1 Å². The average Bonchev–Trinajstić information content (AvgIpc) is 2.63. The number of halogens is 4. The molecule has 0 atom stereocenters. The Morgan fingerprint density at radius 2 is 1.65 bits per heavy atom. The lowest BCUT2D eigenvalue weighted by molar-refractivity contribution is -0.167. The SMILES string of the molecule is CC.O=C(OCc1ccccc1)c1ccc(NC(=O)C(F)(F)F)c(F)c1. The van der Waals surface area contributed by atoms with Crippen LogP contribution in [0, 0.1) is 5.82 Å². The van der Waals surface area contributed by atoms with Crippen molar-refractivity contribution in [3.05, 3.63) is 65.5 Å². The van der Waals surface area contributed by atoms with Crippen molar-refractivity contribution in [3.63, 3.8) is 0 Å². The van der Waals surface area contributed by atoms with Crippen molar-refractivity contribution in [3.8, 4) is 0 Å². The summed E-state index contributed by atoms with van der Waals surface area (Å²) in [6, 6.07) is 11.4. The molecular formula is C18H17F4NO3. The van der Waals surface area contributed by atoms with Crippen molar-refractivity contribution in [1.82, 2.24) is 0 Å². The maximum Gasteiger partial charge on any atom is 0.471 e. The predicted octanol–water partition coefficient (Wildman–Crippen LogP) is 4.71. The second-order valence-corrected chi connectivity index (χ2v) is 4.71. The summed E-state index contributed by atoms with van der Waals surface area (Å²) in [5.41, 5.74) is -0.147. The third kappa shape index (κ3) is 6.19. The molecule has 0 aliphatic carbocycles. The van der Waals surface area contributed by atoms with Gasteiger partial charge in [-0.05, 0) is 23.8 Å². The molecule has 2 aromatic rings. The van der Waals surface area contributed by atoms with Crippen LogP contribution in [0.3, 0.4) is 0 Å². The van der Waals surface area contributed by atoms with Gasteiger partial charge in [-0.25, -0.2) is 9.18 Å². The lowest BCUT2D eigenvalue weighted by atomic mass is 10.2. The van der Waals surface area contributed by atoms with Crippen LogP contribution in [0.15, 0.2) is 48.5 Å². The van der Waals surface area contributed by atoms with E-state index in [1.807, 2.05) is 13.8 Å². The number of carbonyl (C=O) groups is 2. The van der Waals surface area contributed by atoms with Crippen LogP contribution < -0.4 is 5.32 Å². The third-order valence-electron chi connectivity index (χ3n) is 2.92. The van der Waals surface area contributed by atoms with Gasteiger partial charge in [0.2, 0.25) is 0 Å². The molecule has 4 nitrogen and oxygen atoms in total. The number of carbonyl (C=O) groups excluding carboxylic acids is 2. The standard InChI is InChI=1S/C16H11F4NO3.C2H6/c17-12-8-11(6-7-13(12)21-15(23)16(18,19)20)14(22)24-9-10-4-2-1-3-5-10;1-2/h1-8H,9H2,(H,21,23);1-2H3. The topological polar surface area (TPSA) is 55.4 Å². The average molecular weight is 371 g/mol. The van der Waals surface area contributed by atoms with Gasteiger partial charge in [0.25, 0.3) is 0 Å². The highest BCUT2D eigenvalue weighted by molar-refractivity contribution is 5.96. The lowest BCUT2D eigenvalue weighted by Gasteiger charge is -2.10. The molecule has 2 rings (SSSR count). The molecule has 0 heterocycles. The fourth-order valence-corrected chi connectivity index (χ4v) is 1.74. The zero-order valence-corrected chi connectivity index (χ0v) is 14.1. The molecule has 0 radical (unpaired) electrons. The van der Waals surface area contributed by atoms with Gasteiger partial charge in [-0.2, -0.15) is 13.2 Å². The van der Waals surface area contributed by atoms with Crippen LogP contribution in [0.25, 0.3) is 0 Å². The number of benzene rings is 2. The minimum Gasteiger partial charge on any atom is -0.457 e. The second-order valence-electron chi connectivity index (χ2n) is 4.71. The van der Waals surface area contributed by atoms with Crippen molar-refractivity contribution in [2.75, 3.05) is 5.32 Å². The van der Waals surface area contributed by atoms with Crippen LogP contribution >= 0.6 is 0 Å². The quantitative estimate of drug-likeness (QED) is 0.626. The summed E-state index contributed by atoms with van der Waals surface area (Å²) in [5.74, 6) is -4.32. The predicted molar refractivity (Wildman–Crippen MR) is 88.0 cm³/mol. The van der Waals surface area contributed by atoms with Crippen molar-refractivity contribution < 1.29 is 31.9 Å². The minimum absolute atomic E-state index is 0.0339. The smallest absolute Gasteiger partial charge is 0.457 e. The molecule has 26 heavy (non-hydrogen) atoms. The molecule has 0 spiro atoms. The molecule has 0 fully saturated rings. The van der Waals surface area contributed by atoms with Gasteiger partial charge in [-0.15, -0.1) is 0 Å². The summed E-state index contributed by atoms with van der Waals surface area (Å²) in [5, 5.41) is 1.38. The summed E-state index contributed by atoms with van der Waals surface area (Å²) in [6.45, 7) is 3.97. The van der Waals surface area contributed by atoms with Crippen molar-refractivity contribution in [2.24, 2.45) is 0 Å². The zero-order valence-electron chi connectivity index (χ0n) is 14.1. The van der Waals surface area contributed by atoms with Gasteiger partial charge in [0, 0.05) is 0 Å². The Balaban J connectivity index is 0.00000163. The first-order valence-electron chi connectivity index (χ1n) is 7.66. The summed E-state index contributed by atoms with van der Waals surface area (Å²) in [6.07, 6.45) is -5.14. The highest BCUT2D eigenvalue weighted by Gasteiger charge is 2.39. The van der Waals surface area contributed by atoms with E-state index in [4.69, 9.17) is 4.74 Å². The number of hydrogen-bond acceptors (Lipinski definition) is 3. The maximum absolute atomic E-state index is 13.7. The highest BCUT2D eigenvalue weighted by Crippen LogP contribution is 2.21. The van der Waals surface area contributed by atoms with E-state index in [1.54, 1.807) is 30.3 Å². The number of esters is 1. The monoisotopic (exact) mass is 371 g/mol. The Morgan fingerprint density at radius 1 is 1.04 bits per heavy atom. The first-order chi connectivity index (χ1) is 12.3. The largest absolute Gasteiger partial charge is 0.471 e. The van der Waals surface area contributed by atoms with Crippen LogP contribution in [-0.2, 0) is 16.1 Å². The molecule has 0 bridgehead atoms. The molecule has 8 heteroatoms. The second kappa shape index (κ2) is 9.55. The molecule has 0 aliphatic rings. The number of hydrogen-bond donors (Lipinski definition) is 1. The molecule has 0 unspecified atom stereocenters. The Bertz CT molecular complexity index is 746. The van der Waals surface area contributed by atoms with E-state index in [1.165, 1.54) is 5.32 Å². The van der Waals surface area contributed by atoms with Crippen LogP contribution in [0.1, 0.15) is 29.8 Å². The molecule has 0 saturated carbocycles. The fraction of sp³-hybridized carbons (Fsp3) is 0.222. The van der Waals surface area contributed by atoms with Crippen molar-refractivity contribution >= 4 is 17.6 Å². The normalized spacial score (nSPS) is 10.4. The molecule has 1 N–H and O–H groups in total. The lowest BCUT2D eigenvalue weighted by Crippen LogP contribution is -2.30. The summed E-state index contributed by atoms with van der Waals surface area (Å²) in [7, 11) is 0. The van der Waals surface area contributed by atoms with Gasteiger partial charge < -0.3 is 10.1 Å². The van der Waals surface area contributed by atoms with Crippen LogP contribution in [0.4, 0.5) is 23.2 Å². The summed E-state index contributed by atoms with van der Waals surface area (Å²) in [4.78, 5) is 22.6. The molecular weight excluding hydrogens is 354 g/mol. The number of anilines is 1. The van der Waals surface area contributed by atoms with E-state index in [0.29, 0.717) is 6.07 Å². The van der Waals surface area contributed by atoms with Gasteiger partial charge in [-0.3, -0.25) is 4.79 Å². The van der Waals surface area contributed by atoms with E-state index in [9.17, 15) is 27.2 Å². The van der Waals surface area contributed by atoms with Crippen LogP contribution in [0.5, 0.6) is 0 Å². The number of ether oxygens (including phenoxy) is 1. The Kier molecular flexibility index (Phi) is 7.77. The van der Waals surface area contributed by atoms with E-state index in [2.05, 4.69) is 0 Å². The van der Waals surface area contributed by atoms with Gasteiger partial charge in [0.05, 0.1) is 11.3 Å². The third-order valence-corrected chi connectivity index (χ3v) is 2.92. The molecule has 1 amide bonds. The number of amides is 1. The van der Waals surface area contributed by atoms with Gasteiger partial charge in [0.1, 0.15) is 12.4 Å². The fourth-order valence-electron chi connectivity index (χ4n) is 1.74. The van der Waals surface area contributed by atoms with E-state index < -0.39 is 29.6 Å². The van der Waals surface area contributed by atoms with Crippen LogP contribution in [0.2, 0.25) is 0 Å². The van der Waals surface area contributed by atoms with E-state index >= 15 is 0 Å². The Morgan fingerprint density at radius 3 is 2.19 bits per heavy atom. The Hall–Kier alpha value is -2.90. The summed E-state index contributed by atoms with van der Waals surface area (Å²) < 4.78 is 55.1. The molecule has 0 aromatic heterocycles. The van der Waals surface area contributed by atoms with Crippen molar-refractivity contribution in [1.29, 1.82) is 0 Å².